The van der Waals surface area contributed by atoms with E-state index in [1.807, 2.05) is 49.4 Å². The number of amides is 2. The first-order valence-electron chi connectivity index (χ1n) is 11.9. The van der Waals surface area contributed by atoms with E-state index in [1.165, 1.54) is 0 Å². The van der Waals surface area contributed by atoms with Crippen LogP contribution < -0.4 is 0 Å². The Morgan fingerprint density at radius 3 is 2.38 bits per heavy atom. The standard InChI is InChI=1S/C26H34N2O4/c1-20-13-14-24(32-20)18-27(16-21-8-3-2-4-9-21)25(29)19-28(17-23-12-7-15-31-23)26(30)22-10-5-6-11-22/h2-4,8-9,13-14,22-23H,5-7,10-12,15-19H2,1H3. The van der Waals surface area contributed by atoms with Crippen molar-refractivity contribution in [2.24, 2.45) is 5.92 Å². The smallest absolute Gasteiger partial charge is 0.242 e. The normalized spacial score (nSPS) is 18.7. The van der Waals surface area contributed by atoms with Gasteiger partial charge < -0.3 is 19.0 Å². The maximum absolute atomic E-state index is 13.5. The number of hydrogen-bond acceptors (Lipinski definition) is 4. The molecule has 2 amide bonds. The van der Waals surface area contributed by atoms with Crippen LogP contribution in [0.5, 0.6) is 0 Å². The second-order valence-electron chi connectivity index (χ2n) is 9.08. The lowest BCUT2D eigenvalue weighted by Gasteiger charge is -2.30. The SMILES string of the molecule is Cc1ccc(CN(Cc2ccccc2)C(=O)CN(CC2CCCO2)C(=O)C2CCCC2)o1. The van der Waals surface area contributed by atoms with Gasteiger partial charge in [0.2, 0.25) is 11.8 Å². The van der Waals surface area contributed by atoms with Gasteiger partial charge in [0.05, 0.1) is 19.2 Å². The van der Waals surface area contributed by atoms with E-state index < -0.39 is 0 Å². The molecule has 6 nitrogen and oxygen atoms in total. The van der Waals surface area contributed by atoms with Crippen LogP contribution in [-0.4, -0.2) is 47.4 Å². The fourth-order valence-corrected chi connectivity index (χ4v) is 4.76. The topological polar surface area (TPSA) is 63.0 Å². The Morgan fingerprint density at radius 2 is 1.72 bits per heavy atom. The van der Waals surface area contributed by atoms with Crippen molar-refractivity contribution in [2.75, 3.05) is 19.7 Å². The van der Waals surface area contributed by atoms with Crippen molar-refractivity contribution in [1.82, 2.24) is 9.80 Å². The second kappa shape index (κ2) is 10.8. The predicted octanol–water partition coefficient (Wildman–Crippen LogP) is 4.31. The molecule has 1 saturated carbocycles. The summed E-state index contributed by atoms with van der Waals surface area (Å²) in [4.78, 5) is 30.4. The molecule has 1 aromatic carbocycles. The Bertz CT molecular complexity index is 882. The van der Waals surface area contributed by atoms with Crippen LogP contribution in [0.1, 0.15) is 55.6 Å². The van der Waals surface area contributed by atoms with Gasteiger partial charge in [0, 0.05) is 25.6 Å². The largest absolute Gasteiger partial charge is 0.464 e. The van der Waals surface area contributed by atoms with E-state index in [2.05, 4.69) is 0 Å². The van der Waals surface area contributed by atoms with Crippen LogP contribution in [0, 0.1) is 12.8 Å². The van der Waals surface area contributed by atoms with Gasteiger partial charge in [-0.25, -0.2) is 0 Å². The third-order valence-electron chi connectivity index (χ3n) is 6.50. The molecule has 1 unspecified atom stereocenters. The van der Waals surface area contributed by atoms with Gasteiger partial charge in [-0.3, -0.25) is 9.59 Å². The summed E-state index contributed by atoms with van der Waals surface area (Å²) in [7, 11) is 0. The summed E-state index contributed by atoms with van der Waals surface area (Å²) in [5, 5.41) is 0. The fraction of sp³-hybridized carbons (Fsp3) is 0.538. The van der Waals surface area contributed by atoms with Crippen molar-refractivity contribution in [3.8, 4) is 0 Å². The van der Waals surface area contributed by atoms with E-state index in [0.717, 1.165) is 62.2 Å². The van der Waals surface area contributed by atoms with Crippen molar-refractivity contribution in [1.29, 1.82) is 0 Å². The first-order chi connectivity index (χ1) is 15.6. The van der Waals surface area contributed by atoms with Gasteiger partial charge in [-0.1, -0.05) is 43.2 Å². The average Bonchev–Trinajstić information content (AvgIpc) is 3.57. The van der Waals surface area contributed by atoms with E-state index >= 15 is 0 Å². The minimum atomic E-state index is -0.0627. The molecule has 1 aliphatic heterocycles. The molecule has 0 radical (unpaired) electrons. The Labute approximate surface area is 190 Å². The fourth-order valence-electron chi connectivity index (χ4n) is 4.76. The number of hydrogen-bond donors (Lipinski definition) is 0. The molecule has 2 heterocycles. The molecule has 1 atom stereocenters. The predicted molar refractivity (Wildman–Crippen MR) is 122 cm³/mol. The van der Waals surface area contributed by atoms with Gasteiger partial charge in [0.25, 0.3) is 0 Å². The van der Waals surface area contributed by atoms with Gasteiger partial charge in [-0.05, 0) is 50.3 Å². The summed E-state index contributed by atoms with van der Waals surface area (Å²) >= 11 is 0. The van der Waals surface area contributed by atoms with Gasteiger partial charge >= 0.3 is 0 Å². The summed E-state index contributed by atoms with van der Waals surface area (Å²) in [6.07, 6.45) is 6.03. The first kappa shape index (κ1) is 22.6. The van der Waals surface area contributed by atoms with Crippen molar-refractivity contribution < 1.29 is 18.7 Å². The Hall–Kier alpha value is -2.60. The minimum Gasteiger partial charge on any atom is -0.464 e. The Morgan fingerprint density at radius 1 is 0.938 bits per heavy atom. The molecule has 4 rings (SSSR count). The third-order valence-corrected chi connectivity index (χ3v) is 6.50. The Kier molecular flexibility index (Phi) is 7.63. The zero-order valence-corrected chi connectivity index (χ0v) is 19.0. The highest BCUT2D eigenvalue weighted by Crippen LogP contribution is 2.27. The van der Waals surface area contributed by atoms with Gasteiger partial charge in [-0.15, -0.1) is 0 Å². The molecule has 2 aliphatic rings. The Balaban J connectivity index is 1.49. The van der Waals surface area contributed by atoms with Gasteiger partial charge in [-0.2, -0.15) is 0 Å². The molecule has 6 heteroatoms. The first-order valence-corrected chi connectivity index (χ1v) is 11.9. The number of benzene rings is 1. The average molecular weight is 439 g/mol. The van der Waals surface area contributed by atoms with Crippen LogP contribution in [0.15, 0.2) is 46.9 Å². The number of ether oxygens (including phenoxy) is 1. The zero-order valence-electron chi connectivity index (χ0n) is 19.0. The van der Waals surface area contributed by atoms with Crippen molar-refractivity contribution in [3.05, 3.63) is 59.5 Å². The number of aryl methyl sites for hydroxylation is 1. The van der Waals surface area contributed by atoms with Gasteiger partial charge in [0.1, 0.15) is 11.5 Å². The summed E-state index contributed by atoms with van der Waals surface area (Å²) in [5.41, 5.74) is 1.05. The molecule has 0 bridgehead atoms. The number of furan rings is 1. The van der Waals surface area contributed by atoms with Crippen LogP contribution >= 0.6 is 0 Å². The molecule has 2 fully saturated rings. The third kappa shape index (κ3) is 6.00. The quantitative estimate of drug-likeness (QED) is 0.585. The molecular weight excluding hydrogens is 404 g/mol. The number of nitrogens with zero attached hydrogens (tertiary/aromatic N) is 2. The number of carbonyl (C=O) groups is 2. The number of rotatable bonds is 9. The molecule has 32 heavy (non-hydrogen) atoms. The molecule has 172 valence electrons. The molecular formula is C26H34N2O4. The summed E-state index contributed by atoms with van der Waals surface area (Å²) in [6, 6.07) is 13.8. The summed E-state index contributed by atoms with van der Waals surface area (Å²) < 4.78 is 11.5. The van der Waals surface area contributed by atoms with E-state index in [9.17, 15) is 9.59 Å². The molecule has 2 aromatic rings. The highest BCUT2D eigenvalue weighted by atomic mass is 16.5. The maximum Gasteiger partial charge on any atom is 0.242 e. The van der Waals surface area contributed by atoms with E-state index in [4.69, 9.17) is 9.15 Å². The zero-order chi connectivity index (χ0) is 22.3. The highest BCUT2D eigenvalue weighted by Gasteiger charge is 2.32. The molecule has 0 N–H and O–H groups in total. The van der Waals surface area contributed by atoms with Crippen molar-refractivity contribution in [3.63, 3.8) is 0 Å². The number of carbonyl (C=O) groups excluding carboxylic acids is 2. The van der Waals surface area contributed by atoms with Crippen molar-refractivity contribution >= 4 is 11.8 Å². The van der Waals surface area contributed by atoms with Crippen LogP contribution in [0.4, 0.5) is 0 Å². The van der Waals surface area contributed by atoms with Crippen LogP contribution in [-0.2, 0) is 27.4 Å². The lowest BCUT2D eigenvalue weighted by atomic mass is 10.1. The van der Waals surface area contributed by atoms with Crippen LogP contribution in [0.3, 0.4) is 0 Å². The lowest BCUT2D eigenvalue weighted by Crippen LogP contribution is -2.47. The molecule has 1 saturated heterocycles. The molecule has 1 aromatic heterocycles. The monoisotopic (exact) mass is 438 g/mol. The van der Waals surface area contributed by atoms with Crippen LogP contribution in [0.25, 0.3) is 0 Å². The molecule has 1 aliphatic carbocycles. The minimum absolute atomic E-state index is 0.0310. The van der Waals surface area contributed by atoms with E-state index in [1.54, 1.807) is 9.80 Å². The van der Waals surface area contributed by atoms with E-state index in [0.29, 0.717) is 19.6 Å². The second-order valence-corrected chi connectivity index (χ2v) is 9.08. The maximum atomic E-state index is 13.5. The summed E-state index contributed by atoms with van der Waals surface area (Å²) in [5.74, 6) is 1.66. The highest BCUT2D eigenvalue weighted by molar-refractivity contribution is 5.86. The van der Waals surface area contributed by atoms with Crippen LogP contribution in [0.2, 0.25) is 0 Å². The van der Waals surface area contributed by atoms with Crippen molar-refractivity contribution in [2.45, 2.75) is 64.6 Å². The molecule has 0 spiro atoms. The van der Waals surface area contributed by atoms with Gasteiger partial charge in [0.15, 0.2) is 0 Å². The summed E-state index contributed by atoms with van der Waals surface area (Å²) in [6.45, 7) is 4.08. The lowest BCUT2D eigenvalue weighted by molar-refractivity contribution is -0.145. The van der Waals surface area contributed by atoms with E-state index in [-0.39, 0.29) is 30.4 Å².